The monoisotopic (exact) mass is 329 g/mol. The summed E-state index contributed by atoms with van der Waals surface area (Å²) < 4.78 is 5.42. The molecule has 1 heterocycles. The fourth-order valence-electron chi connectivity index (χ4n) is 4.80. The largest absolute Gasteiger partial charge is 0.465 e. The van der Waals surface area contributed by atoms with Gasteiger partial charge in [0, 0.05) is 12.5 Å². The molecule has 3 nitrogen and oxygen atoms in total. The van der Waals surface area contributed by atoms with Gasteiger partial charge in [-0.05, 0) is 44.1 Å². The molecule has 1 aromatic carbocycles. The minimum atomic E-state index is -0.523. The molecule has 4 heteroatoms. The van der Waals surface area contributed by atoms with E-state index in [4.69, 9.17) is 17.0 Å². The number of hydrogen-bond acceptors (Lipinski definition) is 3. The van der Waals surface area contributed by atoms with Crippen molar-refractivity contribution in [3.05, 3.63) is 35.9 Å². The summed E-state index contributed by atoms with van der Waals surface area (Å²) >= 11 is 5.83. The Labute approximate surface area is 143 Å². The maximum Gasteiger partial charge on any atom is 0.319 e. The zero-order valence-electron chi connectivity index (χ0n) is 13.7. The topological polar surface area (TPSA) is 29.5 Å². The highest BCUT2D eigenvalue weighted by Gasteiger charge is 2.77. The molecule has 3 aliphatic rings. The van der Waals surface area contributed by atoms with E-state index in [0.29, 0.717) is 17.9 Å². The van der Waals surface area contributed by atoms with Crippen LogP contribution in [0.3, 0.4) is 0 Å². The Bertz CT molecular complexity index is 655. The zero-order valence-corrected chi connectivity index (χ0v) is 14.6. The summed E-state index contributed by atoms with van der Waals surface area (Å²) in [4.78, 5) is 15.8. The molecule has 4 rings (SSSR count). The highest BCUT2D eigenvalue weighted by molar-refractivity contribution is 7.80. The average molecular weight is 329 g/mol. The molecule has 122 valence electrons. The van der Waals surface area contributed by atoms with Crippen LogP contribution in [-0.4, -0.2) is 29.0 Å². The minimum absolute atomic E-state index is 0.0877. The molecule has 0 aromatic heterocycles. The smallest absolute Gasteiger partial charge is 0.319 e. The van der Waals surface area contributed by atoms with Crippen molar-refractivity contribution in [2.75, 3.05) is 13.2 Å². The first-order chi connectivity index (χ1) is 11.0. The number of rotatable bonds is 4. The van der Waals surface area contributed by atoms with Gasteiger partial charge in [-0.25, -0.2) is 0 Å². The van der Waals surface area contributed by atoms with Gasteiger partial charge in [-0.1, -0.05) is 42.5 Å². The first kappa shape index (κ1) is 15.1. The molecule has 0 amide bonds. The number of esters is 1. The number of carbonyl (C=O) groups excluding carboxylic acids is 1. The molecule has 0 N–H and O–H groups in total. The fourth-order valence-corrected chi connectivity index (χ4v) is 5.33. The SMILES string of the molecule is CCOC(=O)[C@@]12CC3(CC3)[C@@H]1CN([C@@H](C)c1ccccc1)C2=S. The Morgan fingerprint density at radius 1 is 1.39 bits per heavy atom. The van der Waals surface area contributed by atoms with Gasteiger partial charge in [0.25, 0.3) is 0 Å². The van der Waals surface area contributed by atoms with Crippen molar-refractivity contribution in [3.63, 3.8) is 0 Å². The van der Waals surface area contributed by atoms with Gasteiger partial charge < -0.3 is 9.64 Å². The second-order valence-electron chi connectivity index (χ2n) is 7.33. The van der Waals surface area contributed by atoms with Crippen LogP contribution in [0.4, 0.5) is 0 Å². The van der Waals surface area contributed by atoms with Crippen molar-refractivity contribution in [3.8, 4) is 0 Å². The lowest BCUT2D eigenvalue weighted by Gasteiger charge is -2.48. The van der Waals surface area contributed by atoms with E-state index < -0.39 is 5.41 Å². The molecule has 3 fully saturated rings. The number of nitrogens with zero attached hydrogens (tertiary/aromatic N) is 1. The summed E-state index contributed by atoms with van der Waals surface area (Å²) in [5.41, 5.74) is 1.10. The van der Waals surface area contributed by atoms with E-state index in [9.17, 15) is 4.79 Å². The highest BCUT2D eigenvalue weighted by Crippen LogP contribution is 2.75. The average Bonchev–Trinajstić information content (AvgIpc) is 3.31. The van der Waals surface area contributed by atoms with Gasteiger partial charge in [-0.2, -0.15) is 0 Å². The Hall–Kier alpha value is -1.42. The maximum absolute atomic E-state index is 12.7. The molecular weight excluding hydrogens is 306 g/mol. The van der Waals surface area contributed by atoms with Crippen LogP contribution in [-0.2, 0) is 9.53 Å². The molecule has 2 saturated carbocycles. The molecule has 23 heavy (non-hydrogen) atoms. The summed E-state index contributed by atoms with van der Waals surface area (Å²) in [6.45, 7) is 5.38. The van der Waals surface area contributed by atoms with Crippen LogP contribution in [0, 0.1) is 16.7 Å². The Morgan fingerprint density at radius 2 is 2.09 bits per heavy atom. The third kappa shape index (κ3) is 1.94. The van der Waals surface area contributed by atoms with Crippen LogP contribution in [0.1, 0.15) is 44.7 Å². The lowest BCUT2D eigenvalue weighted by atomic mass is 9.53. The van der Waals surface area contributed by atoms with E-state index >= 15 is 0 Å². The van der Waals surface area contributed by atoms with E-state index in [2.05, 4.69) is 36.1 Å². The van der Waals surface area contributed by atoms with E-state index in [1.54, 1.807) is 0 Å². The van der Waals surface area contributed by atoms with Gasteiger partial charge in [0.15, 0.2) is 0 Å². The van der Waals surface area contributed by atoms with Crippen LogP contribution in [0.2, 0.25) is 0 Å². The zero-order chi connectivity index (χ0) is 16.2. The van der Waals surface area contributed by atoms with Gasteiger partial charge in [0.2, 0.25) is 0 Å². The van der Waals surface area contributed by atoms with Gasteiger partial charge in [-0.3, -0.25) is 4.79 Å². The number of hydrogen-bond donors (Lipinski definition) is 0. The standard InChI is InChI=1S/C19H23NO2S/c1-3-22-17(21)19-12-18(9-10-18)15(19)11-20(16(19)23)13(2)14-7-5-4-6-8-14/h4-8,13,15H,3,9-12H2,1-2H3/t13-,15-,19-/m0/s1. The highest BCUT2D eigenvalue weighted by atomic mass is 32.1. The van der Waals surface area contributed by atoms with Crippen molar-refractivity contribution >= 4 is 23.2 Å². The molecule has 2 aliphatic carbocycles. The number of carbonyl (C=O) groups is 1. The van der Waals surface area contributed by atoms with Crippen LogP contribution in [0.25, 0.3) is 0 Å². The number of benzene rings is 1. The third-order valence-electron chi connectivity index (χ3n) is 6.27. The second-order valence-corrected chi connectivity index (χ2v) is 7.71. The van der Waals surface area contributed by atoms with Crippen molar-refractivity contribution in [1.82, 2.24) is 4.90 Å². The van der Waals surface area contributed by atoms with Gasteiger partial charge in [-0.15, -0.1) is 0 Å². The summed E-state index contributed by atoms with van der Waals surface area (Å²) in [5, 5.41) is 0. The number of fused-ring (bicyclic) bond motifs is 2. The third-order valence-corrected chi connectivity index (χ3v) is 6.87. The lowest BCUT2D eigenvalue weighted by Crippen LogP contribution is -2.56. The molecule has 1 spiro atoms. The molecule has 0 radical (unpaired) electrons. The Morgan fingerprint density at radius 3 is 2.70 bits per heavy atom. The lowest BCUT2D eigenvalue weighted by molar-refractivity contribution is -0.164. The number of ether oxygens (including phenoxy) is 1. The molecule has 0 unspecified atom stereocenters. The maximum atomic E-state index is 12.7. The van der Waals surface area contributed by atoms with Crippen molar-refractivity contribution in [2.24, 2.45) is 16.7 Å². The molecular formula is C19H23NO2S. The van der Waals surface area contributed by atoms with Gasteiger partial charge in [0.05, 0.1) is 17.6 Å². The minimum Gasteiger partial charge on any atom is -0.465 e. The van der Waals surface area contributed by atoms with Crippen LogP contribution in [0.15, 0.2) is 30.3 Å². The summed E-state index contributed by atoms with van der Waals surface area (Å²) in [6, 6.07) is 10.6. The quantitative estimate of drug-likeness (QED) is 0.622. The van der Waals surface area contributed by atoms with E-state index in [1.807, 2.05) is 13.0 Å². The molecule has 0 bridgehead atoms. The van der Waals surface area contributed by atoms with Crippen LogP contribution >= 0.6 is 12.2 Å². The first-order valence-electron chi connectivity index (χ1n) is 8.58. The van der Waals surface area contributed by atoms with Crippen molar-refractivity contribution in [2.45, 2.75) is 39.2 Å². The van der Waals surface area contributed by atoms with E-state index in [0.717, 1.165) is 18.0 Å². The summed E-state index contributed by atoms with van der Waals surface area (Å²) in [7, 11) is 0. The van der Waals surface area contributed by atoms with Gasteiger partial charge >= 0.3 is 5.97 Å². The van der Waals surface area contributed by atoms with Crippen molar-refractivity contribution in [1.29, 1.82) is 0 Å². The molecule has 1 aliphatic heterocycles. The number of likely N-dealkylation sites (tertiary alicyclic amines) is 1. The first-order valence-corrected chi connectivity index (χ1v) is 8.99. The molecule has 1 aromatic rings. The second kappa shape index (κ2) is 5.04. The van der Waals surface area contributed by atoms with E-state index in [1.165, 1.54) is 18.4 Å². The predicted molar refractivity (Wildman–Crippen MR) is 93.0 cm³/mol. The Balaban J connectivity index is 1.65. The van der Waals surface area contributed by atoms with Crippen LogP contribution < -0.4 is 0 Å². The van der Waals surface area contributed by atoms with Crippen LogP contribution in [0.5, 0.6) is 0 Å². The summed E-state index contributed by atoms with van der Waals surface area (Å²) in [6.07, 6.45) is 3.39. The number of thiocarbonyl (C=S) groups is 1. The van der Waals surface area contributed by atoms with E-state index in [-0.39, 0.29) is 12.0 Å². The predicted octanol–water partition coefficient (Wildman–Crippen LogP) is 3.74. The molecule has 1 saturated heterocycles. The Kier molecular flexibility index (Phi) is 3.31. The van der Waals surface area contributed by atoms with Gasteiger partial charge in [0.1, 0.15) is 5.41 Å². The normalized spacial score (nSPS) is 31.5. The van der Waals surface area contributed by atoms with Crippen molar-refractivity contribution < 1.29 is 9.53 Å². The summed E-state index contributed by atoms with van der Waals surface area (Å²) in [5.74, 6) is 0.267. The fraction of sp³-hybridized carbons (Fsp3) is 0.579. The molecule has 3 atom stereocenters.